The highest BCUT2D eigenvalue weighted by Crippen LogP contribution is 2.29. The minimum Gasteiger partial charge on any atom is -0.282 e. The molecule has 2 aromatic rings. The first-order valence-corrected chi connectivity index (χ1v) is 7.76. The molecule has 1 aliphatic rings. The van der Waals surface area contributed by atoms with Gasteiger partial charge < -0.3 is 0 Å². The molecule has 1 unspecified atom stereocenters. The van der Waals surface area contributed by atoms with Crippen molar-refractivity contribution in [1.82, 2.24) is 14.5 Å². The van der Waals surface area contributed by atoms with Gasteiger partial charge in [-0.1, -0.05) is 0 Å². The highest BCUT2D eigenvalue weighted by Gasteiger charge is 2.33. The van der Waals surface area contributed by atoms with Crippen LogP contribution in [0.2, 0.25) is 0 Å². The van der Waals surface area contributed by atoms with Gasteiger partial charge in [-0.2, -0.15) is 9.40 Å². The van der Waals surface area contributed by atoms with E-state index in [0.717, 1.165) is 24.2 Å². The molecule has 5 nitrogen and oxygen atoms in total. The van der Waals surface area contributed by atoms with Crippen molar-refractivity contribution in [2.45, 2.75) is 17.2 Å². The van der Waals surface area contributed by atoms with E-state index in [-0.39, 0.29) is 10.8 Å². The van der Waals surface area contributed by atoms with E-state index in [2.05, 4.69) is 10.2 Å². The standard InChI is InChI=1S/C13H14FN3O2S/c14-11-1-3-12(4-2-11)20(18,19)17-8-6-10(9-17)13-5-7-15-16-13/h1-5,7,10H,6,8-9H2,(H,15,16). The summed E-state index contributed by atoms with van der Waals surface area (Å²) in [5.41, 5.74) is 0.946. The monoisotopic (exact) mass is 295 g/mol. The van der Waals surface area contributed by atoms with Crippen LogP contribution < -0.4 is 0 Å². The quantitative estimate of drug-likeness (QED) is 0.937. The van der Waals surface area contributed by atoms with E-state index in [4.69, 9.17) is 0 Å². The van der Waals surface area contributed by atoms with Crippen molar-refractivity contribution in [3.8, 4) is 0 Å². The predicted molar refractivity (Wildman–Crippen MR) is 71.1 cm³/mol. The molecule has 1 saturated heterocycles. The SMILES string of the molecule is O=S(=O)(c1ccc(F)cc1)N1CCC(c2ccn[nH]2)C1. The second-order valence-corrected chi connectivity index (χ2v) is 6.75. The number of rotatable bonds is 3. The molecule has 1 fully saturated rings. The summed E-state index contributed by atoms with van der Waals surface area (Å²) < 4.78 is 39.2. The summed E-state index contributed by atoms with van der Waals surface area (Å²) in [6.45, 7) is 0.880. The van der Waals surface area contributed by atoms with Crippen LogP contribution in [-0.2, 0) is 10.0 Å². The Bertz CT molecular complexity index is 683. The van der Waals surface area contributed by atoms with Crippen molar-refractivity contribution in [2.75, 3.05) is 13.1 Å². The number of hydrogen-bond acceptors (Lipinski definition) is 3. The number of aromatic nitrogens is 2. The van der Waals surface area contributed by atoms with Crippen LogP contribution in [-0.4, -0.2) is 36.0 Å². The van der Waals surface area contributed by atoms with Gasteiger partial charge in [0.15, 0.2) is 0 Å². The van der Waals surface area contributed by atoms with Gasteiger partial charge in [-0.3, -0.25) is 5.10 Å². The van der Waals surface area contributed by atoms with E-state index >= 15 is 0 Å². The van der Waals surface area contributed by atoms with Gasteiger partial charge in [0, 0.05) is 30.9 Å². The summed E-state index contributed by atoms with van der Waals surface area (Å²) in [5.74, 6) is -0.312. The molecule has 1 N–H and O–H groups in total. The topological polar surface area (TPSA) is 66.1 Å². The lowest BCUT2D eigenvalue weighted by molar-refractivity contribution is 0.472. The summed E-state index contributed by atoms with van der Waals surface area (Å²) in [4.78, 5) is 0.129. The maximum absolute atomic E-state index is 12.9. The number of benzene rings is 1. The Hall–Kier alpha value is -1.73. The number of nitrogens with zero attached hydrogens (tertiary/aromatic N) is 2. The molecule has 1 aromatic heterocycles. The van der Waals surface area contributed by atoms with Crippen LogP contribution in [0.25, 0.3) is 0 Å². The number of hydrogen-bond donors (Lipinski definition) is 1. The smallest absolute Gasteiger partial charge is 0.243 e. The van der Waals surface area contributed by atoms with Gasteiger partial charge in [-0.25, -0.2) is 12.8 Å². The third kappa shape index (κ3) is 2.34. The largest absolute Gasteiger partial charge is 0.282 e. The zero-order valence-electron chi connectivity index (χ0n) is 10.7. The fraction of sp³-hybridized carbons (Fsp3) is 0.308. The van der Waals surface area contributed by atoms with Crippen molar-refractivity contribution < 1.29 is 12.8 Å². The van der Waals surface area contributed by atoms with Gasteiger partial charge in [-0.15, -0.1) is 0 Å². The Kier molecular flexibility index (Phi) is 3.31. The molecule has 2 heterocycles. The van der Waals surface area contributed by atoms with E-state index in [1.54, 1.807) is 6.20 Å². The van der Waals surface area contributed by atoms with Crippen LogP contribution in [0.1, 0.15) is 18.0 Å². The lowest BCUT2D eigenvalue weighted by Gasteiger charge is -2.16. The minimum atomic E-state index is -3.55. The van der Waals surface area contributed by atoms with Crippen LogP contribution >= 0.6 is 0 Å². The maximum atomic E-state index is 12.9. The zero-order valence-corrected chi connectivity index (χ0v) is 11.5. The molecule has 7 heteroatoms. The lowest BCUT2D eigenvalue weighted by Crippen LogP contribution is -2.28. The number of halogens is 1. The summed E-state index contributed by atoms with van der Waals surface area (Å²) in [6, 6.07) is 6.78. The molecule has 1 atom stereocenters. The first-order chi connectivity index (χ1) is 9.57. The third-order valence-corrected chi connectivity index (χ3v) is 5.44. The van der Waals surface area contributed by atoms with Crippen LogP contribution in [0.4, 0.5) is 4.39 Å². The van der Waals surface area contributed by atoms with Gasteiger partial charge in [0.05, 0.1) is 4.90 Å². The zero-order chi connectivity index (χ0) is 14.2. The van der Waals surface area contributed by atoms with E-state index in [0.29, 0.717) is 13.1 Å². The van der Waals surface area contributed by atoms with Gasteiger partial charge >= 0.3 is 0 Å². The first-order valence-electron chi connectivity index (χ1n) is 6.32. The number of H-pyrrole nitrogens is 1. The van der Waals surface area contributed by atoms with Crippen molar-refractivity contribution in [3.63, 3.8) is 0 Å². The molecule has 0 aliphatic carbocycles. The summed E-state index contributed by atoms with van der Waals surface area (Å²) in [7, 11) is -3.55. The molecule has 0 bridgehead atoms. The van der Waals surface area contributed by atoms with Crippen LogP contribution in [0.5, 0.6) is 0 Å². The van der Waals surface area contributed by atoms with Crippen LogP contribution in [0, 0.1) is 5.82 Å². The molecule has 3 rings (SSSR count). The maximum Gasteiger partial charge on any atom is 0.243 e. The molecule has 20 heavy (non-hydrogen) atoms. The molecule has 0 radical (unpaired) electrons. The molecule has 0 spiro atoms. The van der Waals surface area contributed by atoms with Gasteiger partial charge in [0.2, 0.25) is 10.0 Å². The molecule has 1 aromatic carbocycles. The molecule has 0 amide bonds. The summed E-state index contributed by atoms with van der Waals surface area (Å²) in [6.07, 6.45) is 2.41. The first kappa shape index (κ1) is 13.3. The predicted octanol–water partition coefficient (Wildman–Crippen LogP) is 1.73. The Labute approximate surface area is 116 Å². The third-order valence-electron chi connectivity index (χ3n) is 3.56. The normalized spacial score (nSPS) is 20.4. The fourth-order valence-corrected chi connectivity index (χ4v) is 3.95. The molecule has 1 aliphatic heterocycles. The second kappa shape index (κ2) is 4.99. The average Bonchev–Trinajstić information content (AvgIpc) is 3.10. The second-order valence-electron chi connectivity index (χ2n) is 4.81. The molecule has 106 valence electrons. The van der Waals surface area contributed by atoms with Crippen molar-refractivity contribution in [1.29, 1.82) is 0 Å². The van der Waals surface area contributed by atoms with E-state index < -0.39 is 15.8 Å². The fourth-order valence-electron chi connectivity index (χ4n) is 2.45. The van der Waals surface area contributed by atoms with Crippen molar-refractivity contribution in [3.05, 3.63) is 48.0 Å². The average molecular weight is 295 g/mol. The van der Waals surface area contributed by atoms with Crippen LogP contribution in [0.3, 0.4) is 0 Å². The molecular weight excluding hydrogens is 281 g/mol. The van der Waals surface area contributed by atoms with Gasteiger partial charge in [0.25, 0.3) is 0 Å². The molecule has 0 saturated carbocycles. The minimum absolute atomic E-state index is 0.129. The Morgan fingerprint density at radius 1 is 1.25 bits per heavy atom. The highest BCUT2D eigenvalue weighted by molar-refractivity contribution is 7.89. The summed E-state index contributed by atoms with van der Waals surface area (Å²) in [5, 5.41) is 6.76. The van der Waals surface area contributed by atoms with E-state index in [9.17, 15) is 12.8 Å². The molecular formula is C13H14FN3O2S. The Balaban J connectivity index is 1.81. The summed E-state index contributed by atoms with van der Waals surface area (Å²) >= 11 is 0. The van der Waals surface area contributed by atoms with Gasteiger partial charge in [-0.05, 0) is 36.8 Å². The number of nitrogens with one attached hydrogen (secondary N) is 1. The van der Waals surface area contributed by atoms with E-state index in [1.165, 1.54) is 16.4 Å². The van der Waals surface area contributed by atoms with Crippen LogP contribution in [0.15, 0.2) is 41.4 Å². The number of sulfonamides is 1. The highest BCUT2D eigenvalue weighted by atomic mass is 32.2. The van der Waals surface area contributed by atoms with Crippen molar-refractivity contribution in [2.24, 2.45) is 0 Å². The number of aromatic amines is 1. The van der Waals surface area contributed by atoms with E-state index in [1.807, 2.05) is 6.07 Å². The Morgan fingerprint density at radius 2 is 2.00 bits per heavy atom. The van der Waals surface area contributed by atoms with Gasteiger partial charge in [0.1, 0.15) is 5.82 Å². The lowest BCUT2D eigenvalue weighted by atomic mass is 10.1. The van der Waals surface area contributed by atoms with Crippen molar-refractivity contribution >= 4 is 10.0 Å². The Morgan fingerprint density at radius 3 is 2.65 bits per heavy atom.